The topological polar surface area (TPSA) is 62.2 Å². The molecule has 0 saturated heterocycles. The highest BCUT2D eigenvalue weighted by atomic mass is 32.1. The van der Waals surface area contributed by atoms with Gasteiger partial charge in [-0.15, -0.1) is 22.7 Å². The number of nitrogens with zero attached hydrogens (tertiary/aromatic N) is 1. The van der Waals surface area contributed by atoms with Crippen LogP contribution in [0, 0.1) is 5.41 Å². The molecule has 0 aliphatic heterocycles. The zero-order valence-corrected chi connectivity index (χ0v) is 14.7. The quantitative estimate of drug-likeness (QED) is 0.891. The van der Waals surface area contributed by atoms with Gasteiger partial charge in [-0.2, -0.15) is 0 Å². The van der Waals surface area contributed by atoms with Crippen LogP contribution < -0.4 is 5.32 Å². The minimum atomic E-state index is -0.811. The normalized spacial score (nSPS) is 16.5. The predicted octanol–water partition coefficient (Wildman–Crippen LogP) is 3.80. The predicted molar refractivity (Wildman–Crippen MR) is 91.0 cm³/mol. The minimum Gasteiger partial charge on any atom is -0.478 e. The first-order valence-electron chi connectivity index (χ1n) is 7.39. The van der Waals surface area contributed by atoms with E-state index in [9.17, 15) is 9.90 Å². The maximum atomic E-state index is 11.9. The van der Waals surface area contributed by atoms with Crippen LogP contribution in [0.4, 0.5) is 0 Å². The molecule has 0 radical (unpaired) electrons. The van der Waals surface area contributed by atoms with Crippen LogP contribution in [0.3, 0.4) is 0 Å². The summed E-state index contributed by atoms with van der Waals surface area (Å²) < 4.78 is 0. The second kappa shape index (κ2) is 5.76. The number of hydrogen-bond donors (Lipinski definition) is 2. The zero-order chi connectivity index (χ0) is 15.9. The van der Waals surface area contributed by atoms with Crippen molar-refractivity contribution in [2.24, 2.45) is 5.41 Å². The smallest absolute Gasteiger partial charge is 0.337 e. The van der Waals surface area contributed by atoms with Gasteiger partial charge < -0.3 is 10.4 Å². The number of nitrogens with one attached hydrogen (secondary N) is 1. The van der Waals surface area contributed by atoms with Gasteiger partial charge in [-0.1, -0.05) is 13.8 Å². The molecule has 0 atom stereocenters. The van der Waals surface area contributed by atoms with E-state index in [1.807, 2.05) is 13.2 Å². The minimum absolute atomic E-state index is 0.181. The van der Waals surface area contributed by atoms with E-state index in [0.29, 0.717) is 12.1 Å². The fourth-order valence-electron chi connectivity index (χ4n) is 2.97. The summed E-state index contributed by atoms with van der Waals surface area (Å²) in [5, 5.41) is 13.8. The van der Waals surface area contributed by atoms with E-state index in [4.69, 9.17) is 0 Å². The van der Waals surface area contributed by atoms with Crippen molar-refractivity contribution in [2.75, 3.05) is 7.05 Å². The fraction of sp³-hybridized carbons (Fsp3) is 0.500. The number of aryl methyl sites for hydroxylation is 1. The number of carboxylic acids is 1. The number of thiophene rings is 1. The number of carbonyl (C=O) groups is 1. The van der Waals surface area contributed by atoms with Crippen LogP contribution in [-0.4, -0.2) is 23.1 Å². The van der Waals surface area contributed by atoms with Crippen LogP contribution in [0.2, 0.25) is 0 Å². The lowest BCUT2D eigenvalue weighted by Gasteiger charge is -2.29. The number of hydrogen-bond acceptors (Lipinski definition) is 5. The molecule has 22 heavy (non-hydrogen) atoms. The molecule has 0 saturated carbocycles. The van der Waals surface area contributed by atoms with Crippen molar-refractivity contribution >= 4 is 28.6 Å². The number of thiazole rings is 1. The summed E-state index contributed by atoms with van der Waals surface area (Å²) in [5.41, 5.74) is 1.74. The molecule has 0 aromatic carbocycles. The number of fused-ring (bicyclic) bond motifs is 1. The number of rotatable bonds is 4. The van der Waals surface area contributed by atoms with Gasteiger partial charge in [0.25, 0.3) is 0 Å². The summed E-state index contributed by atoms with van der Waals surface area (Å²) in [4.78, 5) is 19.3. The highest BCUT2D eigenvalue weighted by Gasteiger charge is 2.33. The first kappa shape index (κ1) is 15.6. The van der Waals surface area contributed by atoms with E-state index < -0.39 is 5.97 Å². The van der Waals surface area contributed by atoms with Crippen LogP contribution >= 0.6 is 22.7 Å². The van der Waals surface area contributed by atoms with Crippen molar-refractivity contribution < 1.29 is 9.90 Å². The lowest BCUT2D eigenvalue weighted by molar-refractivity contribution is 0.0696. The van der Waals surface area contributed by atoms with Crippen molar-refractivity contribution in [3.8, 4) is 9.75 Å². The van der Waals surface area contributed by atoms with Crippen molar-refractivity contribution in [2.45, 2.75) is 39.7 Å². The molecule has 2 aromatic rings. The Balaban J connectivity index is 2.08. The van der Waals surface area contributed by atoms with Crippen LogP contribution in [0.25, 0.3) is 9.75 Å². The summed E-state index contributed by atoms with van der Waals surface area (Å²) in [6.45, 7) is 5.15. The molecular weight excluding hydrogens is 316 g/mol. The standard InChI is InChI=1S/C16H20N2O2S2/c1-16(2)5-4-10-9(6-16)13(15(19)20)14(22-10)11-7-18-12(21-11)8-17-3/h7,17H,4-6,8H2,1-3H3,(H,19,20). The lowest BCUT2D eigenvalue weighted by Crippen LogP contribution is -2.22. The van der Waals surface area contributed by atoms with Crippen molar-refractivity contribution in [3.63, 3.8) is 0 Å². The summed E-state index contributed by atoms with van der Waals surface area (Å²) >= 11 is 3.22. The lowest BCUT2D eigenvalue weighted by atomic mass is 9.76. The molecule has 2 N–H and O–H groups in total. The van der Waals surface area contributed by atoms with Gasteiger partial charge in [0.05, 0.1) is 15.3 Å². The molecule has 0 bridgehead atoms. The van der Waals surface area contributed by atoms with Crippen LogP contribution in [-0.2, 0) is 19.4 Å². The van der Waals surface area contributed by atoms with Crippen LogP contribution in [0.5, 0.6) is 0 Å². The van der Waals surface area contributed by atoms with Gasteiger partial charge in [-0.3, -0.25) is 0 Å². The van der Waals surface area contributed by atoms with Gasteiger partial charge in [-0.05, 0) is 37.3 Å². The Labute approximate surface area is 138 Å². The van der Waals surface area contributed by atoms with Gasteiger partial charge in [-0.25, -0.2) is 9.78 Å². The summed E-state index contributed by atoms with van der Waals surface area (Å²) in [6, 6.07) is 0. The Morgan fingerprint density at radius 1 is 1.45 bits per heavy atom. The number of aromatic carboxylic acids is 1. The summed E-state index contributed by atoms with van der Waals surface area (Å²) in [6.07, 6.45) is 4.76. The van der Waals surface area contributed by atoms with E-state index in [0.717, 1.165) is 39.6 Å². The Hall–Kier alpha value is -1.24. The molecule has 6 heteroatoms. The molecule has 1 aliphatic carbocycles. The molecule has 4 nitrogen and oxygen atoms in total. The third-order valence-electron chi connectivity index (χ3n) is 4.09. The summed E-state index contributed by atoms with van der Waals surface area (Å²) in [7, 11) is 1.88. The van der Waals surface area contributed by atoms with E-state index in [-0.39, 0.29) is 5.41 Å². The number of aromatic nitrogens is 1. The van der Waals surface area contributed by atoms with Crippen molar-refractivity contribution in [1.82, 2.24) is 10.3 Å². The molecule has 0 fully saturated rings. The highest BCUT2D eigenvalue weighted by Crippen LogP contribution is 2.46. The monoisotopic (exact) mass is 336 g/mol. The number of carboxylic acid groups (broad SMARTS) is 1. The molecular formula is C16H20N2O2S2. The molecule has 0 amide bonds. The average molecular weight is 336 g/mol. The van der Waals surface area contributed by atoms with Crippen LogP contribution in [0.1, 0.15) is 46.1 Å². The zero-order valence-electron chi connectivity index (χ0n) is 13.0. The Morgan fingerprint density at radius 2 is 2.23 bits per heavy atom. The molecule has 2 aromatic heterocycles. The van der Waals surface area contributed by atoms with Crippen molar-refractivity contribution in [1.29, 1.82) is 0 Å². The fourth-order valence-corrected chi connectivity index (χ4v) is 5.31. The SMILES string of the molecule is CNCc1ncc(-c2sc3c(c2C(=O)O)CC(C)(C)CC3)s1. The van der Waals surface area contributed by atoms with Gasteiger partial charge in [0.15, 0.2) is 0 Å². The average Bonchev–Trinajstić information content (AvgIpc) is 3.01. The van der Waals surface area contributed by atoms with Gasteiger partial charge in [0.2, 0.25) is 0 Å². The second-order valence-corrected chi connectivity index (χ2v) is 8.72. The van der Waals surface area contributed by atoms with E-state index >= 15 is 0 Å². The molecule has 2 heterocycles. The molecule has 118 valence electrons. The molecule has 3 rings (SSSR count). The van der Waals surface area contributed by atoms with Gasteiger partial charge in [0.1, 0.15) is 5.01 Å². The third-order valence-corrected chi connectivity index (χ3v) is 6.56. The highest BCUT2D eigenvalue weighted by molar-refractivity contribution is 7.22. The van der Waals surface area contributed by atoms with Crippen molar-refractivity contribution in [3.05, 3.63) is 27.2 Å². The van der Waals surface area contributed by atoms with E-state index in [1.54, 1.807) is 22.7 Å². The van der Waals surface area contributed by atoms with E-state index in [2.05, 4.69) is 24.1 Å². The molecule has 1 aliphatic rings. The first-order chi connectivity index (χ1) is 10.4. The van der Waals surface area contributed by atoms with Crippen LogP contribution in [0.15, 0.2) is 6.20 Å². The van der Waals surface area contributed by atoms with Gasteiger partial charge in [0, 0.05) is 17.6 Å². The maximum Gasteiger partial charge on any atom is 0.337 e. The largest absolute Gasteiger partial charge is 0.478 e. The third kappa shape index (κ3) is 2.83. The second-order valence-electron chi connectivity index (χ2n) is 6.50. The molecule has 0 spiro atoms. The maximum absolute atomic E-state index is 11.9. The Bertz CT molecular complexity index is 716. The van der Waals surface area contributed by atoms with Gasteiger partial charge >= 0.3 is 5.97 Å². The Kier molecular flexibility index (Phi) is 4.09. The first-order valence-corrected chi connectivity index (χ1v) is 9.02. The Morgan fingerprint density at radius 3 is 2.91 bits per heavy atom. The van der Waals surface area contributed by atoms with E-state index in [1.165, 1.54) is 4.88 Å². The molecule has 0 unspecified atom stereocenters. The summed E-state index contributed by atoms with van der Waals surface area (Å²) in [5.74, 6) is -0.811.